The number of rotatable bonds is 8. The van der Waals surface area contributed by atoms with E-state index in [1.54, 1.807) is 18.2 Å². The lowest BCUT2D eigenvalue weighted by molar-refractivity contribution is -0.139. The van der Waals surface area contributed by atoms with Gasteiger partial charge in [0, 0.05) is 17.4 Å². The van der Waals surface area contributed by atoms with E-state index in [1.165, 1.54) is 0 Å². The molecule has 1 aliphatic heterocycles. The molecule has 0 saturated carbocycles. The summed E-state index contributed by atoms with van der Waals surface area (Å²) >= 11 is 0. The van der Waals surface area contributed by atoms with Crippen molar-refractivity contribution in [3.8, 4) is 0 Å². The summed E-state index contributed by atoms with van der Waals surface area (Å²) in [6.45, 7) is 18.5. The molecule has 1 fully saturated rings. The molecule has 3 N–H and O–H groups in total. The molecule has 1 unspecified atom stereocenters. The summed E-state index contributed by atoms with van der Waals surface area (Å²) in [6.07, 6.45) is -1.53. The molecule has 0 bridgehead atoms. The van der Waals surface area contributed by atoms with E-state index in [-0.39, 0.29) is 41.2 Å². The van der Waals surface area contributed by atoms with Crippen molar-refractivity contribution in [1.82, 2.24) is 5.32 Å². The highest BCUT2D eigenvalue weighted by molar-refractivity contribution is 6.74. The maximum absolute atomic E-state index is 13.1. The highest BCUT2D eigenvalue weighted by Gasteiger charge is 2.48. The van der Waals surface area contributed by atoms with Gasteiger partial charge in [-0.15, -0.1) is 0 Å². The number of carbonyl (C=O) groups excluding carboxylic acids is 3. The maximum atomic E-state index is 13.1. The van der Waals surface area contributed by atoms with Crippen LogP contribution in [-0.2, 0) is 14.0 Å². The predicted molar refractivity (Wildman–Crippen MR) is 131 cm³/mol. The lowest BCUT2D eigenvalue weighted by Gasteiger charge is -2.45. The number of ketones is 1. The molecule has 0 aromatic heterocycles. The Bertz CT molecular complexity index is 901. The van der Waals surface area contributed by atoms with E-state index in [1.807, 2.05) is 33.8 Å². The van der Waals surface area contributed by atoms with Crippen molar-refractivity contribution < 1.29 is 23.5 Å². The zero-order valence-corrected chi connectivity index (χ0v) is 22.4. The van der Waals surface area contributed by atoms with E-state index >= 15 is 0 Å². The second-order valence-corrected chi connectivity index (χ2v) is 16.4. The summed E-state index contributed by atoms with van der Waals surface area (Å²) < 4.78 is 11.8. The molecule has 0 radical (unpaired) electrons. The third kappa shape index (κ3) is 6.44. The lowest BCUT2D eigenvalue weighted by atomic mass is 9.81. The smallest absolute Gasteiger partial charge is 0.405 e. The minimum absolute atomic E-state index is 0.0316. The first kappa shape index (κ1) is 27.1. The molecule has 2 rings (SSSR count). The molecule has 33 heavy (non-hydrogen) atoms. The SMILES string of the molecule is C[C@@H](O[Si](C)(C)C(C)(C)C)[C@H]1C(=O)N[C@@H]1CC(=O)c1cccc(C(OC(N)=O)C(C)(C)C)c1. The molecule has 2 amide bonds. The van der Waals surface area contributed by atoms with Gasteiger partial charge in [-0.1, -0.05) is 59.7 Å². The molecule has 1 aliphatic rings. The highest BCUT2D eigenvalue weighted by Crippen LogP contribution is 2.39. The number of hydrogen-bond acceptors (Lipinski definition) is 5. The Labute approximate surface area is 198 Å². The minimum Gasteiger partial charge on any atom is -0.441 e. The number of hydrogen-bond donors (Lipinski definition) is 2. The Morgan fingerprint density at radius 1 is 1.15 bits per heavy atom. The average molecular weight is 477 g/mol. The van der Waals surface area contributed by atoms with Gasteiger partial charge in [-0.25, -0.2) is 4.79 Å². The molecule has 0 spiro atoms. The van der Waals surface area contributed by atoms with Gasteiger partial charge in [0.2, 0.25) is 5.91 Å². The van der Waals surface area contributed by atoms with Crippen molar-refractivity contribution in [2.24, 2.45) is 17.1 Å². The normalized spacial score (nSPS) is 20.9. The lowest BCUT2D eigenvalue weighted by Crippen LogP contribution is -2.64. The summed E-state index contributed by atoms with van der Waals surface area (Å²) in [4.78, 5) is 36.9. The largest absolute Gasteiger partial charge is 0.441 e. The maximum Gasteiger partial charge on any atom is 0.405 e. The summed E-state index contributed by atoms with van der Waals surface area (Å²) in [7, 11) is -2.04. The molecule has 1 saturated heterocycles. The summed E-state index contributed by atoms with van der Waals surface area (Å²) in [6, 6.07) is 6.80. The van der Waals surface area contributed by atoms with E-state index < -0.39 is 25.9 Å². The van der Waals surface area contributed by atoms with Crippen LogP contribution < -0.4 is 11.1 Å². The van der Waals surface area contributed by atoms with Gasteiger partial charge in [-0.05, 0) is 36.7 Å². The quantitative estimate of drug-likeness (QED) is 0.313. The van der Waals surface area contributed by atoms with Crippen molar-refractivity contribution in [2.75, 3.05) is 0 Å². The van der Waals surface area contributed by atoms with E-state index in [4.69, 9.17) is 14.9 Å². The number of nitrogens with one attached hydrogen (secondary N) is 1. The average Bonchev–Trinajstić information content (AvgIpc) is 2.63. The van der Waals surface area contributed by atoms with Crippen LogP contribution in [0.4, 0.5) is 4.79 Å². The molecule has 1 heterocycles. The topological polar surface area (TPSA) is 108 Å². The number of β-lactam (4-membered cyclic amide) rings is 1. The third-order valence-electron chi connectivity index (χ3n) is 6.79. The van der Waals surface area contributed by atoms with Crippen molar-refractivity contribution in [3.63, 3.8) is 0 Å². The van der Waals surface area contributed by atoms with Gasteiger partial charge in [-0.3, -0.25) is 9.59 Å². The highest BCUT2D eigenvalue weighted by atomic mass is 28.4. The van der Waals surface area contributed by atoms with Crippen LogP contribution in [0.25, 0.3) is 0 Å². The Balaban J connectivity index is 2.16. The van der Waals surface area contributed by atoms with Gasteiger partial charge >= 0.3 is 6.09 Å². The molecule has 7 nitrogen and oxygen atoms in total. The summed E-state index contributed by atoms with van der Waals surface area (Å²) in [5, 5.41) is 2.91. The number of carbonyl (C=O) groups is 3. The van der Waals surface area contributed by atoms with Gasteiger partial charge in [-0.2, -0.15) is 0 Å². The molecule has 4 atom stereocenters. The number of ether oxygens (including phenoxy) is 1. The third-order valence-corrected chi connectivity index (χ3v) is 11.4. The Morgan fingerprint density at radius 2 is 1.76 bits per heavy atom. The predicted octanol–water partition coefficient (Wildman–Crippen LogP) is 4.97. The van der Waals surface area contributed by atoms with Crippen molar-refractivity contribution in [3.05, 3.63) is 35.4 Å². The summed E-state index contributed by atoms with van der Waals surface area (Å²) in [5.74, 6) is -0.514. The van der Waals surface area contributed by atoms with Crippen LogP contribution in [0.5, 0.6) is 0 Å². The fourth-order valence-electron chi connectivity index (χ4n) is 3.94. The van der Waals surface area contributed by atoms with Gasteiger partial charge in [0.25, 0.3) is 0 Å². The van der Waals surface area contributed by atoms with Gasteiger partial charge in [0.1, 0.15) is 6.10 Å². The van der Waals surface area contributed by atoms with Crippen molar-refractivity contribution in [2.45, 2.75) is 91.3 Å². The van der Waals surface area contributed by atoms with E-state index in [0.717, 1.165) is 0 Å². The van der Waals surface area contributed by atoms with Crippen molar-refractivity contribution >= 4 is 26.1 Å². The minimum atomic E-state index is -2.04. The molecule has 8 heteroatoms. The number of amides is 2. The van der Waals surface area contributed by atoms with E-state index in [2.05, 4.69) is 39.2 Å². The summed E-state index contributed by atoms with van der Waals surface area (Å²) in [5.41, 5.74) is 6.08. The molecule has 1 aromatic carbocycles. The zero-order chi connectivity index (χ0) is 25.4. The van der Waals surface area contributed by atoms with Crippen LogP contribution in [-0.4, -0.2) is 38.2 Å². The van der Waals surface area contributed by atoms with Crippen LogP contribution in [0.2, 0.25) is 18.1 Å². The second kappa shape index (κ2) is 9.58. The Morgan fingerprint density at radius 3 is 2.24 bits per heavy atom. The number of benzene rings is 1. The first-order valence-electron chi connectivity index (χ1n) is 11.5. The van der Waals surface area contributed by atoms with E-state index in [0.29, 0.717) is 11.1 Å². The van der Waals surface area contributed by atoms with E-state index in [9.17, 15) is 14.4 Å². The van der Waals surface area contributed by atoms with Crippen LogP contribution >= 0.6 is 0 Å². The number of Topliss-reactive ketones (excluding diaryl/α,β-unsaturated/α-hetero) is 1. The van der Waals surface area contributed by atoms with Crippen molar-refractivity contribution in [1.29, 1.82) is 0 Å². The molecule has 1 aromatic rings. The number of primary amides is 1. The molecular weight excluding hydrogens is 436 g/mol. The monoisotopic (exact) mass is 476 g/mol. The van der Waals surface area contributed by atoms with Gasteiger partial charge in [0.15, 0.2) is 14.1 Å². The van der Waals surface area contributed by atoms with Crippen LogP contribution in [0.3, 0.4) is 0 Å². The molecule has 184 valence electrons. The second-order valence-electron chi connectivity index (χ2n) is 11.7. The van der Waals surface area contributed by atoms with Crippen LogP contribution in [0.1, 0.15) is 76.9 Å². The van der Waals surface area contributed by atoms with Crippen LogP contribution in [0.15, 0.2) is 24.3 Å². The Kier molecular flexibility index (Phi) is 7.86. The van der Waals surface area contributed by atoms with Gasteiger partial charge in [0.05, 0.1) is 18.1 Å². The first-order chi connectivity index (χ1) is 14.9. The van der Waals surface area contributed by atoms with Gasteiger partial charge < -0.3 is 20.2 Å². The fourth-order valence-corrected chi connectivity index (χ4v) is 5.37. The van der Waals surface area contributed by atoms with Crippen LogP contribution in [0, 0.1) is 11.3 Å². The molecular formula is C25H40N2O5Si. The standard InChI is InChI=1S/C25H40N2O5Si/c1-15(32-33(8,9)25(5,6)7)20-18(27-22(20)29)14-19(28)16-11-10-12-17(13-16)21(24(2,3)4)31-23(26)30/h10-13,15,18,20-21H,14H2,1-9H3,(H2,26,30)(H,27,29)/t15-,18-,20-,21?/m1/s1. The molecule has 0 aliphatic carbocycles. The number of nitrogens with two attached hydrogens (primary N) is 1. The first-order valence-corrected chi connectivity index (χ1v) is 14.4. The Hall–Kier alpha value is -2.19. The zero-order valence-electron chi connectivity index (χ0n) is 21.4. The fraction of sp³-hybridized carbons (Fsp3) is 0.640.